The number of nitrogens with zero attached hydrogens (tertiary/aromatic N) is 1. The lowest BCUT2D eigenvalue weighted by Crippen LogP contribution is -2.39. The summed E-state index contributed by atoms with van der Waals surface area (Å²) in [6, 6.07) is 1.55. The SMILES string of the molecule is Cc1cc([C@H](Nc2c(Nc3csc(C(=O)N(C)C)c3O)c(=O)c2=O)C(C)(C)C)oc1C. The Labute approximate surface area is 184 Å². The van der Waals surface area contributed by atoms with Crippen LogP contribution in [0.1, 0.15) is 53.6 Å². The summed E-state index contributed by atoms with van der Waals surface area (Å²) in [5.41, 5.74) is -0.287. The van der Waals surface area contributed by atoms with Gasteiger partial charge in [-0.3, -0.25) is 14.4 Å². The summed E-state index contributed by atoms with van der Waals surface area (Å²) in [5.74, 6) is 0.844. The first kappa shape index (κ1) is 22.6. The Morgan fingerprint density at radius 1 is 1.16 bits per heavy atom. The molecule has 0 radical (unpaired) electrons. The Morgan fingerprint density at radius 2 is 1.77 bits per heavy atom. The number of carbonyl (C=O) groups excluding carboxylic acids is 1. The molecule has 9 heteroatoms. The molecule has 2 aromatic heterocycles. The van der Waals surface area contributed by atoms with Gasteiger partial charge in [0, 0.05) is 19.5 Å². The first-order valence-electron chi connectivity index (χ1n) is 9.78. The first-order valence-corrected chi connectivity index (χ1v) is 10.7. The van der Waals surface area contributed by atoms with E-state index in [-0.39, 0.29) is 45.1 Å². The van der Waals surface area contributed by atoms with E-state index in [1.807, 2.05) is 40.7 Å². The zero-order valence-electron chi connectivity index (χ0n) is 18.7. The third-order valence-corrected chi connectivity index (χ3v) is 6.12. The molecule has 0 unspecified atom stereocenters. The van der Waals surface area contributed by atoms with Crippen LogP contribution in [-0.4, -0.2) is 30.0 Å². The van der Waals surface area contributed by atoms with Crippen molar-refractivity contribution in [2.24, 2.45) is 5.41 Å². The van der Waals surface area contributed by atoms with E-state index in [1.165, 1.54) is 10.3 Å². The van der Waals surface area contributed by atoms with Crippen LogP contribution in [0.3, 0.4) is 0 Å². The minimum Gasteiger partial charge on any atom is -0.504 e. The molecule has 0 saturated carbocycles. The van der Waals surface area contributed by atoms with Crippen molar-refractivity contribution in [1.82, 2.24) is 4.90 Å². The van der Waals surface area contributed by atoms with Gasteiger partial charge in [0.1, 0.15) is 27.8 Å². The molecule has 1 atom stereocenters. The smallest absolute Gasteiger partial charge is 0.267 e. The molecule has 0 aliphatic heterocycles. The van der Waals surface area contributed by atoms with Gasteiger partial charge < -0.3 is 25.1 Å². The van der Waals surface area contributed by atoms with Gasteiger partial charge in [-0.25, -0.2) is 0 Å². The highest BCUT2D eigenvalue weighted by molar-refractivity contribution is 7.13. The number of furan rings is 1. The molecule has 0 bridgehead atoms. The first-order chi connectivity index (χ1) is 14.3. The number of carbonyl (C=O) groups is 1. The van der Waals surface area contributed by atoms with Crippen LogP contribution in [0, 0.1) is 19.3 Å². The number of anilines is 3. The van der Waals surface area contributed by atoms with E-state index < -0.39 is 10.9 Å². The highest BCUT2D eigenvalue weighted by atomic mass is 32.1. The minimum absolute atomic E-state index is 0.0520. The maximum atomic E-state index is 12.4. The zero-order chi connectivity index (χ0) is 23.2. The molecule has 8 nitrogen and oxygen atoms in total. The van der Waals surface area contributed by atoms with Crippen LogP contribution in [0.4, 0.5) is 17.1 Å². The van der Waals surface area contributed by atoms with Crippen LogP contribution in [0.15, 0.2) is 25.5 Å². The number of nitrogens with one attached hydrogen (secondary N) is 2. The molecule has 3 rings (SSSR count). The number of hydrogen-bond acceptors (Lipinski definition) is 8. The lowest BCUT2D eigenvalue weighted by atomic mass is 9.84. The van der Waals surface area contributed by atoms with Crippen molar-refractivity contribution in [3.05, 3.63) is 53.9 Å². The molecular weight excluding hydrogens is 418 g/mol. The van der Waals surface area contributed by atoms with Crippen LogP contribution in [0.5, 0.6) is 5.75 Å². The van der Waals surface area contributed by atoms with Crippen molar-refractivity contribution in [1.29, 1.82) is 0 Å². The Kier molecular flexibility index (Phi) is 5.75. The van der Waals surface area contributed by atoms with E-state index in [0.29, 0.717) is 5.76 Å². The topological polar surface area (TPSA) is 112 Å². The maximum Gasteiger partial charge on any atom is 0.267 e. The van der Waals surface area contributed by atoms with Gasteiger partial charge in [-0.15, -0.1) is 11.3 Å². The van der Waals surface area contributed by atoms with Crippen molar-refractivity contribution < 1.29 is 14.3 Å². The van der Waals surface area contributed by atoms with E-state index in [4.69, 9.17) is 4.42 Å². The number of aromatic hydroxyl groups is 1. The Morgan fingerprint density at radius 3 is 2.29 bits per heavy atom. The summed E-state index contributed by atoms with van der Waals surface area (Å²) >= 11 is 1.05. The van der Waals surface area contributed by atoms with Gasteiger partial charge in [-0.2, -0.15) is 0 Å². The fourth-order valence-corrected chi connectivity index (χ4v) is 4.09. The van der Waals surface area contributed by atoms with Crippen LogP contribution in [-0.2, 0) is 0 Å². The molecule has 0 saturated heterocycles. The number of amides is 1. The van der Waals surface area contributed by atoms with Gasteiger partial charge in [0.05, 0.1) is 11.7 Å². The second-order valence-electron chi connectivity index (χ2n) is 8.89. The van der Waals surface area contributed by atoms with E-state index in [2.05, 4.69) is 10.6 Å². The standard InChI is InChI=1S/C22H27N3O5S/c1-10-8-13(30-11(10)2)20(22(3,4)5)24-15-14(17(27)18(15)28)23-12-9-31-19(16(12)26)21(29)25(6)7/h8-9,20,23-24,26H,1-7H3/t20-/m0/s1. The quantitative estimate of drug-likeness (QED) is 0.493. The fourth-order valence-electron chi connectivity index (χ4n) is 3.18. The van der Waals surface area contributed by atoms with Gasteiger partial charge >= 0.3 is 0 Å². The van der Waals surface area contributed by atoms with Crippen LogP contribution in [0.25, 0.3) is 0 Å². The third-order valence-electron chi connectivity index (χ3n) is 5.16. The molecule has 0 aliphatic carbocycles. The molecule has 0 fully saturated rings. The average Bonchev–Trinajstić information content (AvgIpc) is 3.20. The average molecular weight is 446 g/mol. The predicted octanol–water partition coefficient (Wildman–Crippen LogP) is 3.90. The van der Waals surface area contributed by atoms with Gasteiger partial charge in [-0.05, 0) is 30.9 Å². The van der Waals surface area contributed by atoms with E-state index in [9.17, 15) is 19.5 Å². The van der Waals surface area contributed by atoms with Gasteiger partial charge in [0.2, 0.25) is 0 Å². The molecule has 3 aromatic rings. The third kappa shape index (κ3) is 4.10. The lowest BCUT2D eigenvalue weighted by molar-refractivity contribution is 0.0829. The van der Waals surface area contributed by atoms with Gasteiger partial charge in [0.15, 0.2) is 5.75 Å². The molecule has 31 heavy (non-hydrogen) atoms. The Hall–Kier alpha value is -3.07. The summed E-state index contributed by atoms with van der Waals surface area (Å²) in [7, 11) is 3.16. The molecule has 1 aromatic carbocycles. The second kappa shape index (κ2) is 7.88. The lowest BCUT2D eigenvalue weighted by Gasteiger charge is -2.31. The summed E-state index contributed by atoms with van der Waals surface area (Å²) in [6.45, 7) is 9.81. The van der Waals surface area contributed by atoms with Crippen molar-refractivity contribution in [2.75, 3.05) is 24.7 Å². The van der Waals surface area contributed by atoms with Crippen LogP contribution >= 0.6 is 11.3 Å². The highest BCUT2D eigenvalue weighted by Gasteiger charge is 2.33. The molecule has 2 heterocycles. The summed E-state index contributed by atoms with van der Waals surface area (Å²) in [6.07, 6.45) is 0. The predicted molar refractivity (Wildman–Crippen MR) is 123 cm³/mol. The minimum atomic E-state index is -0.687. The van der Waals surface area contributed by atoms with E-state index in [1.54, 1.807) is 14.1 Å². The number of rotatable bonds is 6. The molecule has 166 valence electrons. The van der Waals surface area contributed by atoms with Crippen molar-refractivity contribution >= 4 is 34.3 Å². The molecule has 3 N–H and O–H groups in total. The van der Waals surface area contributed by atoms with Crippen molar-refractivity contribution in [3.8, 4) is 5.75 Å². The molecular formula is C22H27N3O5S. The summed E-state index contributed by atoms with van der Waals surface area (Å²) < 4.78 is 5.88. The van der Waals surface area contributed by atoms with Gasteiger partial charge in [-0.1, -0.05) is 20.8 Å². The Bertz CT molecular complexity index is 1190. The van der Waals surface area contributed by atoms with Crippen LogP contribution in [0.2, 0.25) is 0 Å². The normalized spacial score (nSPS) is 12.7. The van der Waals surface area contributed by atoms with Gasteiger partial charge in [0.25, 0.3) is 16.8 Å². The zero-order valence-corrected chi connectivity index (χ0v) is 19.5. The summed E-state index contributed by atoms with van der Waals surface area (Å²) in [4.78, 5) is 38.3. The van der Waals surface area contributed by atoms with Crippen LogP contribution < -0.4 is 21.5 Å². The highest BCUT2D eigenvalue weighted by Crippen LogP contribution is 2.40. The Balaban J connectivity index is 1.94. The number of hydrogen-bond donors (Lipinski definition) is 3. The monoisotopic (exact) mass is 445 g/mol. The maximum absolute atomic E-state index is 12.4. The van der Waals surface area contributed by atoms with E-state index in [0.717, 1.165) is 22.7 Å². The molecule has 0 aliphatic rings. The van der Waals surface area contributed by atoms with Crippen molar-refractivity contribution in [2.45, 2.75) is 40.7 Å². The number of aryl methyl sites for hydroxylation is 2. The fraction of sp³-hybridized carbons (Fsp3) is 0.409. The summed E-state index contributed by atoms with van der Waals surface area (Å²) in [5, 5.41) is 17.9. The van der Waals surface area contributed by atoms with Crippen molar-refractivity contribution in [3.63, 3.8) is 0 Å². The largest absolute Gasteiger partial charge is 0.504 e. The second-order valence-corrected chi connectivity index (χ2v) is 9.77. The van der Waals surface area contributed by atoms with E-state index >= 15 is 0 Å². The molecule has 0 spiro atoms. The number of thiophene rings is 1. The molecule has 1 amide bonds.